The number of fused-ring (bicyclic) bond motifs is 2. The number of aromatic carboxylic acids is 1. The van der Waals surface area contributed by atoms with Crippen LogP contribution in [0.1, 0.15) is 47.3 Å². The molecule has 1 aliphatic heterocycles. The van der Waals surface area contributed by atoms with Gasteiger partial charge in [0.25, 0.3) is 0 Å². The molecule has 0 saturated heterocycles. The topological polar surface area (TPSA) is 57.6 Å². The molecule has 0 bridgehead atoms. The van der Waals surface area contributed by atoms with Crippen molar-refractivity contribution in [2.24, 2.45) is 5.92 Å². The van der Waals surface area contributed by atoms with E-state index in [-0.39, 0.29) is 29.8 Å². The van der Waals surface area contributed by atoms with Crippen LogP contribution in [0.2, 0.25) is 0 Å². The normalized spacial score (nSPS) is 23.3. The maximum absolute atomic E-state index is 14.4. The summed E-state index contributed by atoms with van der Waals surface area (Å²) in [6.45, 7) is 4.24. The second-order valence-corrected chi connectivity index (χ2v) is 9.27. The van der Waals surface area contributed by atoms with Gasteiger partial charge in [0.05, 0.1) is 17.5 Å². The van der Waals surface area contributed by atoms with Gasteiger partial charge in [-0.05, 0) is 71.5 Å². The van der Waals surface area contributed by atoms with Crippen LogP contribution in [0.25, 0.3) is 0 Å². The van der Waals surface area contributed by atoms with E-state index in [9.17, 15) is 23.5 Å². The van der Waals surface area contributed by atoms with Crippen molar-refractivity contribution in [2.45, 2.75) is 37.6 Å². The van der Waals surface area contributed by atoms with Crippen molar-refractivity contribution in [3.05, 3.63) is 101 Å². The van der Waals surface area contributed by atoms with E-state index < -0.39 is 22.6 Å². The number of carboxylic acid groups (broad SMARTS) is 1. The maximum atomic E-state index is 14.4. The summed E-state index contributed by atoms with van der Waals surface area (Å²) in [6, 6.07) is 17.1. The van der Waals surface area contributed by atoms with Crippen LogP contribution in [0.4, 0.5) is 14.5 Å². The highest BCUT2D eigenvalue weighted by atomic mass is 19.1. The van der Waals surface area contributed by atoms with E-state index in [2.05, 4.69) is 0 Å². The summed E-state index contributed by atoms with van der Waals surface area (Å²) < 4.78 is 28.1. The van der Waals surface area contributed by atoms with E-state index in [1.165, 1.54) is 30.3 Å². The Morgan fingerprint density at radius 1 is 1.03 bits per heavy atom. The van der Waals surface area contributed by atoms with Crippen molar-refractivity contribution < 1.29 is 23.5 Å². The number of halogens is 2. The van der Waals surface area contributed by atoms with Gasteiger partial charge in [0.15, 0.2) is 0 Å². The Labute approximate surface area is 190 Å². The molecular weight excluding hydrogens is 424 g/mol. The van der Waals surface area contributed by atoms with Gasteiger partial charge in [0.1, 0.15) is 11.6 Å². The number of amides is 1. The molecule has 4 nitrogen and oxygen atoms in total. The van der Waals surface area contributed by atoms with Crippen LogP contribution in [0.5, 0.6) is 0 Å². The smallest absolute Gasteiger partial charge is 0.335 e. The third kappa shape index (κ3) is 2.93. The molecule has 3 aromatic rings. The van der Waals surface area contributed by atoms with Gasteiger partial charge < -0.3 is 10.0 Å². The highest BCUT2D eigenvalue weighted by Crippen LogP contribution is 2.73. The van der Waals surface area contributed by atoms with Crippen molar-refractivity contribution in [2.75, 3.05) is 4.90 Å². The number of hydrogen-bond acceptors (Lipinski definition) is 2. The zero-order valence-corrected chi connectivity index (χ0v) is 18.3. The molecule has 0 radical (unpaired) electrons. The zero-order chi connectivity index (χ0) is 23.5. The average molecular weight is 447 g/mol. The second-order valence-electron chi connectivity index (χ2n) is 9.27. The fourth-order valence-electron chi connectivity index (χ4n) is 5.78. The van der Waals surface area contributed by atoms with Crippen molar-refractivity contribution in [1.29, 1.82) is 0 Å². The molecule has 1 saturated carbocycles. The number of hydrogen-bond donors (Lipinski definition) is 1. The molecular formula is C27H23F2NO3. The molecule has 1 aliphatic carbocycles. The lowest BCUT2D eigenvalue weighted by Crippen LogP contribution is -2.38. The molecule has 1 heterocycles. The third-order valence-electron chi connectivity index (χ3n) is 7.36. The summed E-state index contributed by atoms with van der Waals surface area (Å²) in [5.74, 6) is -1.91. The monoisotopic (exact) mass is 447 g/mol. The highest BCUT2D eigenvalue weighted by Gasteiger charge is 2.77. The average Bonchev–Trinajstić information content (AvgIpc) is 3.45. The molecule has 1 N–H and O–H groups in total. The van der Waals surface area contributed by atoms with E-state index in [1.807, 2.05) is 13.8 Å². The Hall–Kier alpha value is -3.54. The fraction of sp³-hybridized carbons (Fsp3) is 0.259. The second kappa shape index (κ2) is 7.24. The molecule has 2 aliphatic rings. The molecule has 5 rings (SSSR count). The van der Waals surface area contributed by atoms with E-state index in [4.69, 9.17) is 0 Å². The van der Waals surface area contributed by atoms with Gasteiger partial charge >= 0.3 is 5.97 Å². The summed E-state index contributed by atoms with van der Waals surface area (Å²) in [5, 5.41) is 9.33. The highest BCUT2D eigenvalue weighted by molar-refractivity contribution is 6.12. The number of carbonyl (C=O) groups excluding carboxylic acids is 1. The lowest BCUT2D eigenvalue weighted by molar-refractivity contribution is -0.121. The SMILES string of the molecule is CC(C)[C@@]1(c2ccc(F)cc2)C[C@@]12C(=O)N(Cc1cccc(C(=O)O)c1)c1ccc(F)cc12. The Morgan fingerprint density at radius 3 is 2.39 bits per heavy atom. The van der Waals surface area contributed by atoms with Crippen molar-refractivity contribution in [3.63, 3.8) is 0 Å². The van der Waals surface area contributed by atoms with E-state index in [0.29, 0.717) is 23.2 Å². The summed E-state index contributed by atoms with van der Waals surface area (Å²) in [5.41, 5.74) is 1.42. The van der Waals surface area contributed by atoms with Crippen LogP contribution >= 0.6 is 0 Å². The first-order valence-electron chi connectivity index (χ1n) is 10.9. The van der Waals surface area contributed by atoms with Crippen LogP contribution in [0.3, 0.4) is 0 Å². The maximum Gasteiger partial charge on any atom is 0.335 e. The molecule has 168 valence electrons. The summed E-state index contributed by atoms with van der Waals surface area (Å²) >= 11 is 0. The molecule has 1 fully saturated rings. The minimum absolute atomic E-state index is 0.0401. The van der Waals surface area contributed by atoms with Crippen molar-refractivity contribution in [3.8, 4) is 0 Å². The van der Waals surface area contributed by atoms with Crippen molar-refractivity contribution >= 4 is 17.6 Å². The predicted molar refractivity (Wildman–Crippen MR) is 120 cm³/mol. The molecule has 3 aromatic carbocycles. The van der Waals surface area contributed by atoms with Gasteiger partial charge in [-0.1, -0.05) is 38.1 Å². The number of anilines is 1. The Morgan fingerprint density at radius 2 is 1.73 bits per heavy atom. The van der Waals surface area contributed by atoms with Gasteiger partial charge in [-0.2, -0.15) is 0 Å². The lowest BCUT2D eigenvalue weighted by Gasteiger charge is -2.27. The van der Waals surface area contributed by atoms with Gasteiger partial charge in [-0.25, -0.2) is 13.6 Å². The number of carbonyl (C=O) groups is 2. The van der Waals surface area contributed by atoms with Crippen LogP contribution in [0.15, 0.2) is 66.7 Å². The number of carboxylic acids is 1. The van der Waals surface area contributed by atoms with Crippen LogP contribution in [0, 0.1) is 17.6 Å². The van der Waals surface area contributed by atoms with E-state index >= 15 is 0 Å². The Bertz CT molecular complexity index is 1290. The van der Waals surface area contributed by atoms with E-state index in [1.54, 1.807) is 41.3 Å². The van der Waals surface area contributed by atoms with E-state index in [0.717, 1.165) is 5.56 Å². The molecule has 0 unspecified atom stereocenters. The van der Waals surface area contributed by atoms with Crippen LogP contribution in [-0.2, 0) is 22.2 Å². The molecule has 1 spiro atoms. The zero-order valence-electron chi connectivity index (χ0n) is 18.3. The molecule has 0 aromatic heterocycles. The minimum Gasteiger partial charge on any atom is -0.478 e. The number of nitrogens with zero attached hydrogens (tertiary/aromatic N) is 1. The first-order chi connectivity index (χ1) is 15.7. The third-order valence-corrected chi connectivity index (χ3v) is 7.36. The molecule has 6 heteroatoms. The lowest BCUT2D eigenvalue weighted by atomic mass is 9.75. The Kier molecular flexibility index (Phi) is 4.67. The molecule has 1 amide bonds. The standard InChI is InChI=1S/C27H23F2NO3/c1-16(2)26(19-6-8-20(28)9-7-19)15-27(26)22-13-21(29)10-11-23(22)30(25(27)33)14-17-4-3-5-18(12-17)24(31)32/h3-13,16H,14-15H2,1-2H3,(H,31,32)/t26-,27-/m1/s1. The van der Waals surface area contributed by atoms with Crippen molar-refractivity contribution in [1.82, 2.24) is 0 Å². The molecule has 33 heavy (non-hydrogen) atoms. The van der Waals surface area contributed by atoms with Gasteiger partial charge in [0, 0.05) is 11.1 Å². The summed E-state index contributed by atoms with van der Waals surface area (Å²) in [6.07, 6.45) is 0.504. The minimum atomic E-state index is -1.04. The van der Waals surface area contributed by atoms with Gasteiger partial charge in [0.2, 0.25) is 5.91 Å². The van der Waals surface area contributed by atoms with Crippen LogP contribution < -0.4 is 4.90 Å². The Balaban J connectivity index is 1.63. The molecule has 2 atom stereocenters. The summed E-state index contributed by atoms with van der Waals surface area (Å²) in [7, 11) is 0. The first kappa shape index (κ1) is 21.3. The quantitative estimate of drug-likeness (QED) is 0.566. The number of benzene rings is 3. The van der Waals surface area contributed by atoms with Gasteiger partial charge in [-0.15, -0.1) is 0 Å². The number of rotatable bonds is 5. The summed E-state index contributed by atoms with van der Waals surface area (Å²) in [4.78, 5) is 27.1. The first-order valence-corrected chi connectivity index (χ1v) is 10.9. The fourth-order valence-corrected chi connectivity index (χ4v) is 5.78. The van der Waals surface area contributed by atoms with Crippen LogP contribution in [-0.4, -0.2) is 17.0 Å². The largest absolute Gasteiger partial charge is 0.478 e. The predicted octanol–water partition coefficient (Wildman–Crippen LogP) is 5.45. The van der Waals surface area contributed by atoms with Gasteiger partial charge in [-0.3, -0.25) is 4.79 Å².